The third-order valence-corrected chi connectivity index (χ3v) is 5.09. The molecule has 0 spiro atoms. The highest BCUT2D eigenvalue weighted by atomic mass is 35.5. The number of H-pyrrole nitrogens is 1. The van der Waals surface area contributed by atoms with Gasteiger partial charge in [-0.05, 0) is 50.9 Å². The molecular weight excluding hydrogens is 296 g/mol. The van der Waals surface area contributed by atoms with Crippen molar-refractivity contribution in [3.8, 4) is 0 Å². The second-order valence-corrected chi connectivity index (χ2v) is 6.71. The first kappa shape index (κ1) is 15.6. The molecule has 0 saturated carbocycles. The van der Waals surface area contributed by atoms with E-state index in [1.807, 2.05) is 19.1 Å². The Morgan fingerprint density at radius 1 is 1.36 bits per heavy atom. The van der Waals surface area contributed by atoms with Crippen molar-refractivity contribution >= 4 is 22.5 Å². The van der Waals surface area contributed by atoms with E-state index in [-0.39, 0.29) is 5.43 Å². The fourth-order valence-electron chi connectivity index (χ4n) is 3.55. The highest BCUT2D eigenvalue weighted by molar-refractivity contribution is 6.31. The van der Waals surface area contributed by atoms with E-state index in [2.05, 4.69) is 16.8 Å². The SMILES string of the molecule is CCC1CCCCN1Cc1c(C)[nH]c2ccc(Cl)cc2c1=O. The van der Waals surface area contributed by atoms with Gasteiger partial charge in [-0.2, -0.15) is 0 Å². The lowest BCUT2D eigenvalue weighted by Crippen LogP contribution is -2.39. The number of nitrogens with zero attached hydrogens (tertiary/aromatic N) is 1. The van der Waals surface area contributed by atoms with Crippen molar-refractivity contribution in [3.63, 3.8) is 0 Å². The molecule has 4 heteroatoms. The maximum absolute atomic E-state index is 12.9. The van der Waals surface area contributed by atoms with E-state index < -0.39 is 0 Å². The van der Waals surface area contributed by atoms with Crippen molar-refractivity contribution < 1.29 is 0 Å². The summed E-state index contributed by atoms with van der Waals surface area (Å²) in [6, 6.07) is 6.07. The largest absolute Gasteiger partial charge is 0.358 e. The van der Waals surface area contributed by atoms with Gasteiger partial charge in [0, 0.05) is 39.8 Å². The number of rotatable bonds is 3. The molecule has 1 unspecified atom stereocenters. The van der Waals surface area contributed by atoms with Gasteiger partial charge in [0.05, 0.1) is 0 Å². The maximum atomic E-state index is 12.9. The molecule has 1 aromatic carbocycles. The summed E-state index contributed by atoms with van der Waals surface area (Å²) in [6.45, 7) is 6.06. The minimum Gasteiger partial charge on any atom is -0.358 e. The topological polar surface area (TPSA) is 36.1 Å². The fourth-order valence-corrected chi connectivity index (χ4v) is 3.72. The molecule has 0 aliphatic carbocycles. The molecule has 1 atom stereocenters. The molecule has 1 fully saturated rings. The van der Waals surface area contributed by atoms with Crippen LogP contribution < -0.4 is 5.43 Å². The molecule has 22 heavy (non-hydrogen) atoms. The zero-order chi connectivity index (χ0) is 15.7. The first-order chi connectivity index (χ1) is 10.6. The predicted octanol–water partition coefficient (Wildman–Crippen LogP) is 4.25. The van der Waals surface area contributed by atoms with E-state index in [1.165, 1.54) is 19.3 Å². The molecule has 2 heterocycles. The Morgan fingerprint density at radius 2 is 2.18 bits per heavy atom. The molecular formula is C18H23ClN2O. The van der Waals surface area contributed by atoms with Gasteiger partial charge in [-0.25, -0.2) is 0 Å². The summed E-state index contributed by atoms with van der Waals surface area (Å²) < 4.78 is 0. The van der Waals surface area contributed by atoms with E-state index in [1.54, 1.807) is 6.07 Å². The lowest BCUT2D eigenvalue weighted by Gasteiger charge is -2.35. The van der Waals surface area contributed by atoms with Gasteiger partial charge in [0.2, 0.25) is 0 Å². The van der Waals surface area contributed by atoms with E-state index in [9.17, 15) is 4.79 Å². The average Bonchev–Trinajstić information content (AvgIpc) is 2.52. The Hall–Kier alpha value is -1.32. The van der Waals surface area contributed by atoms with Crippen LogP contribution in [0.2, 0.25) is 5.02 Å². The van der Waals surface area contributed by atoms with Gasteiger partial charge in [0.15, 0.2) is 5.43 Å². The van der Waals surface area contributed by atoms with Crippen LogP contribution in [0.15, 0.2) is 23.0 Å². The summed E-state index contributed by atoms with van der Waals surface area (Å²) in [5.74, 6) is 0. The first-order valence-corrected chi connectivity index (χ1v) is 8.53. The number of likely N-dealkylation sites (tertiary alicyclic amines) is 1. The molecule has 0 bridgehead atoms. The van der Waals surface area contributed by atoms with Crippen LogP contribution in [0.1, 0.15) is 43.9 Å². The third-order valence-electron chi connectivity index (χ3n) is 4.86. The number of aromatic amines is 1. The molecule has 0 amide bonds. The summed E-state index contributed by atoms with van der Waals surface area (Å²) in [7, 11) is 0. The number of nitrogens with one attached hydrogen (secondary N) is 1. The third kappa shape index (κ3) is 2.92. The normalized spacial score (nSPS) is 19.7. The molecule has 1 saturated heterocycles. The Balaban J connectivity index is 2.01. The molecule has 0 radical (unpaired) electrons. The first-order valence-electron chi connectivity index (χ1n) is 8.15. The number of aromatic nitrogens is 1. The minimum absolute atomic E-state index is 0.120. The van der Waals surface area contributed by atoms with Crippen molar-refractivity contribution in [2.24, 2.45) is 0 Å². The van der Waals surface area contributed by atoms with Gasteiger partial charge >= 0.3 is 0 Å². The maximum Gasteiger partial charge on any atom is 0.194 e. The second-order valence-electron chi connectivity index (χ2n) is 6.28. The van der Waals surface area contributed by atoms with E-state index >= 15 is 0 Å². The summed E-state index contributed by atoms with van der Waals surface area (Å²) in [5.41, 5.74) is 2.84. The quantitative estimate of drug-likeness (QED) is 0.918. The van der Waals surface area contributed by atoms with Crippen molar-refractivity contribution in [1.29, 1.82) is 0 Å². The number of halogens is 1. The molecule has 3 rings (SSSR count). The summed E-state index contributed by atoms with van der Waals surface area (Å²) >= 11 is 6.06. The highest BCUT2D eigenvalue weighted by Crippen LogP contribution is 2.23. The van der Waals surface area contributed by atoms with Crippen LogP contribution in [0.3, 0.4) is 0 Å². The number of aryl methyl sites for hydroxylation is 1. The average molecular weight is 319 g/mol. The van der Waals surface area contributed by atoms with Crippen molar-refractivity contribution in [2.75, 3.05) is 6.54 Å². The Kier molecular flexibility index (Phi) is 4.55. The molecule has 2 aromatic rings. The van der Waals surface area contributed by atoms with Gasteiger partial charge in [0.1, 0.15) is 0 Å². The number of piperidine rings is 1. The van der Waals surface area contributed by atoms with Crippen LogP contribution in [0, 0.1) is 6.92 Å². The zero-order valence-corrected chi connectivity index (χ0v) is 14.0. The van der Waals surface area contributed by atoms with Gasteiger partial charge in [-0.15, -0.1) is 0 Å². The Labute approximate surface area is 136 Å². The molecule has 3 nitrogen and oxygen atoms in total. The number of benzene rings is 1. The molecule has 118 valence electrons. The van der Waals surface area contributed by atoms with Crippen molar-refractivity contribution in [2.45, 2.75) is 52.1 Å². The molecule has 1 aromatic heterocycles. The monoisotopic (exact) mass is 318 g/mol. The lowest BCUT2D eigenvalue weighted by molar-refractivity contribution is 0.135. The van der Waals surface area contributed by atoms with Crippen LogP contribution in [0.25, 0.3) is 10.9 Å². The van der Waals surface area contributed by atoms with Crippen molar-refractivity contribution in [1.82, 2.24) is 9.88 Å². The van der Waals surface area contributed by atoms with E-state index in [4.69, 9.17) is 11.6 Å². The van der Waals surface area contributed by atoms with Crippen LogP contribution in [-0.2, 0) is 6.54 Å². The Morgan fingerprint density at radius 3 is 2.95 bits per heavy atom. The summed E-state index contributed by atoms with van der Waals surface area (Å²) in [5, 5.41) is 1.30. The van der Waals surface area contributed by atoms with Gasteiger partial charge in [0.25, 0.3) is 0 Å². The minimum atomic E-state index is 0.120. The van der Waals surface area contributed by atoms with Crippen LogP contribution >= 0.6 is 11.6 Å². The van der Waals surface area contributed by atoms with Crippen LogP contribution in [0.5, 0.6) is 0 Å². The van der Waals surface area contributed by atoms with Gasteiger partial charge in [-0.3, -0.25) is 9.69 Å². The van der Waals surface area contributed by atoms with E-state index in [0.717, 1.165) is 36.3 Å². The predicted molar refractivity (Wildman–Crippen MR) is 92.7 cm³/mol. The Bertz CT molecular complexity index is 738. The second kappa shape index (κ2) is 6.43. The summed E-state index contributed by atoms with van der Waals surface area (Å²) in [6.07, 6.45) is 4.92. The van der Waals surface area contributed by atoms with Crippen LogP contribution in [-0.4, -0.2) is 22.5 Å². The van der Waals surface area contributed by atoms with Crippen LogP contribution in [0.4, 0.5) is 0 Å². The highest BCUT2D eigenvalue weighted by Gasteiger charge is 2.22. The zero-order valence-electron chi connectivity index (χ0n) is 13.3. The fraction of sp³-hybridized carbons (Fsp3) is 0.500. The molecule has 1 aliphatic heterocycles. The molecule has 1 N–H and O–H groups in total. The summed E-state index contributed by atoms with van der Waals surface area (Å²) in [4.78, 5) is 18.7. The number of hydrogen-bond acceptors (Lipinski definition) is 2. The van der Waals surface area contributed by atoms with Gasteiger partial charge < -0.3 is 4.98 Å². The lowest BCUT2D eigenvalue weighted by atomic mass is 9.98. The smallest absolute Gasteiger partial charge is 0.194 e. The number of hydrogen-bond donors (Lipinski definition) is 1. The number of pyridine rings is 1. The standard InChI is InChI=1S/C18H23ClN2O/c1-3-14-6-4-5-9-21(14)11-16-12(2)20-17-8-7-13(19)10-15(17)18(16)22/h7-8,10,14H,3-6,9,11H2,1-2H3,(H,20,22). The van der Waals surface area contributed by atoms with E-state index in [0.29, 0.717) is 16.5 Å². The number of fused-ring (bicyclic) bond motifs is 1. The van der Waals surface area contributed by atoms with Crippen molar-refractivity contribution in [3.05, 3.63) is 44.7 Å². The van der Waals surface area contributed by atoms with Gasteiger partial charge in [-0.1, -0.05) is 24.9 Å². The molecule has 1 aliphatic rings.